The minimum absolute atomic E-state index is 0.0152. The Kier molecular flexibility index (Phi) is 3.88. The molecule has 0 aromatic carbocycles. The first-order valence-electron chi connectivity index (χ1n) is 5.86. The summed E-state index contributed by atoms with van der Waals surface area (Å²) in [5, 5.41) is 10.1. The normalized spacial score (nSPS) is 10.4. The third kappa shape index (κ3) is 2.42. The van der Waals surface area contributed by atoms with Gasteiger partial charge in [0, 0.05) is 6.20 Å². The summed E-state index contributed by atoms with van der Waals surface area (Å²) < 4.78 is 9.99. The second-order valence-corrected chi connectivity index (χ2v) is 4.05. The van der Waals surface area contributed by atoms with Crippen molar-refractivity contribution in [3.8, 4) is 5.75 Å². The maximum atomic E-state index is 12.3. The molecule has 8 nitrogen and oxygen atoms in total. The predicted molar refractivity (Wildman–Crippen MR) is 71.0 cm³/mol. The number of aromatic nitrogens is 2. The van der Waals surface area contributed by atoms with Crippen LogP contribution in [0.5, 0.6) is 5.75 Å². The summed E-state index contributed by atoms with van der Waals surface area (Å²) in [4.78, 5) is 39.3. The summed E-state index contributed by atoms with van der Waals surface area (Å²) in [6, 6.07) is 3.03. The Bertz CT molecular complexity index is 780. The van der Waals surface area contributed by atoms with Gasteiger partial charge < -0.3 is 14.6 Å². The summed E-state index contributed by atoms with van der Waals surface area (Å²) >= 11 is 0. The van der Waals surface area contributed by atoms with Crippen LogP contribution in [0.2, 0.25) is 0 Å². The number of esters is 2. The Balaban J connectivity index is 2.85. The number of ether oxygens (including phenoxy) is 2. The van der Waals surface area contributed by atoms with Crippen molar-refractivity contribution in [3.05, 3.63) is 34.2 Å². The van der Waals surface area contributed by atoms with E-state index in [0.29, 0.717) is 0 Å². The van der Waals surface area contributed by atoms with Crippen molar-refractivity contribution in [2.75, 3.05) is 14.2 Å². The first-order valence-corrected chi connectivity index (χ1v) is 5.86. The monoisotopic (exact) mass is 292 g/mol. The van der Waals surface area contributed by atoms with Gasteiger partial charge >= 0.3 is 11.9 Å². The molecule has 2 aromatic rings. The fourth-order valence-electron chi connectivity index (χ4n) is 1.90. The lowest BCUT2D eigenvalue weighted by molar-refractivity contribution is -0.141. The van der Waals surface area contributed by atoms with Gasteiger partial charge in [-0.25, -0.2) is 4.79 Å². The van der Waals surface area contributed by atoms with E-state index in [9.17, 15) is 19.5 Å². The van der Waals surface area contributed by atoms with Crippen LogP contribution in [0.1, 0.15) is 10.4 Å². The van der Waals surface area contributed by atoms with E-state index in [1.54, 1.807) is 0 Å². The van der Waals surface area contributed by atoms with Gasteiger partial charge in [0.1, 0.15) is 12.1 Å². The molecule has 1 N–H and O–H groups in total. The van der Waals surface area contributed by atoms with E-state index in [1.165, 1.54) is 25.4 Å². The molecule has 0 aliphatic carbocycles. The molecule has 0 aliphatic rings. The molecule has 2 aromatic heterocycles. The maximum Gasteiger partial charge on any atom is 0.347 e. The Morgan fingerprint density at radius 3 is 2.67 bits per heavy atom. The molecule has 0 fully saturated rings. The Morgan fingerprint density at radius 1 is 1.33 bits per heavy atom. The first kappa shape index (κ1) is 14.5. The average molecular weight is 292 g/mol. The largest absolute Gasteiger partial charge is 0.505 e. The SMILES string of the molecule is COC(=O)Cn1c(=O)c(C(=O)OC)c(O)c2ncccc21. The third-order valence-corrected chi connectivity index (χ3v) is 2.90. The first-order chi connectivity index (χ1) is 10.0. The van der Waals surface area contributed by atoms with Crippen LogP contribution in [-0.2, 0) is 20.8 Å². The van der Waals surface area contributed by atoms with E-state index in [4.69, 9.17) is 0 Å². The van der Waals surface area contributed by atoms with Gasteiger partial charge in [-0.2, -0.15) is 0 Å². The number of carbonyl (C=O) groups is 2. The molecule has 2 heterocycles. The number of methoxy groups -OCH3 is 2. The summed E-state index contributed by atoms with van der Waals surface area (Å²) in [7, 11) is 2.25. The molecule has 0 aliphatic heterocycles. The zero-order valence-corrected chi connectivity index (χ0v) is 11.3. The van der Waals surface area contributed by atoms with Crippen LogP contribution in [0.4, 0.5) is 0 Å². The van der Waals surface area contributed by atoms with Crippen LogP contribution in [-0.4, -0.2) is 40.8 Å². The van der Waals surface area contributed by atoms with E-state index in [1.807, 2.05) is 0 Å². The van der Waals surface area contributed by atoms with Crippen LogP contribution in [0.25, 0.3) is 11.0 Å². The predicted octanol–water partition coefficient (Wildman–Crippen LogP) is 0.0617. The third-order valence-electron chi connectivity index (χ3n) is 2.90. The highest BCUT2D eigenvalue weighted by Crippen LogP contribution is 2.24. The van der Waals surface area contributed by atoms with Gasteiger partial charge in [-0.05, 0) is 12.1 Å². The van der Waals surface area contributed by atoms with Crippen molar-refractivity contribution in [1.82, 2.24) is 9.55 Å². The average Bonchev–Trinajstić information content (AvgIpc) is 2.51. The van der Waals surface area contributed by atoms with Crippen LogP contribution >= 0.6 is 0 Å². The zero-order valence-electron chi connectivity index (χ0n) is 11.3. The molecule has 0 bridgehead atoms. The smallest absolute Gasteiger partial charge is 0.347 e. The molecular formula is C13H12N2O6. The second kappa shape index (κ2) is 5.61. The lowest BCUT2D eigenvalue weighted by atomic mass is 10.2. The van der Waals surface area contributed by atoms with Crippen molar-refractivity contribution in [2.45, 2.75) is 6.54 Å². The number of nitrogens with zero attached hydrogens (tertiary/aromatic N) is 2. The zero-order chi connectivity index (χ0) is 15.6. The van der Waals surface area contributed by atoms with Gasteiger partial charge in [0.05, 0.1) is 19.7 Å². The number of hydrogen-bond acceptors (Lipinski definition) is 7. The second-order valence-electron chi connectivity index (χ2n) is 4.05. The fourth-order valence-corrected chi connectivity index (χ4v) is 1.90. The highest BCUT2D eigenvalue weighted by Gasteiger charge is 2.24. The Morgan fingerprint density at radius 2 is 2.05 bits per heavy atom. The minimum Gasteiger partial charge on any atom is -0.505 e. The highest BCUT2D eigenvalue weighted by molar-refractivity contribution is 5.98. The van der Waals surface area contributed by atoms with E-state index in [-0.39, 0.29) is 11.0 Å². The molecular weight excluding hydrogens is 280 g/mol. The van der Waals surface area contributed by atoms with Gasteiger partial charge in [0.15, 0.2) is 11.3 Å². The van der Waals surface area contributed by atoms with Gasteiger partial charge in [0.2, 0.25) is 0 Å². The lowest BCUT2D eigenvalue weighted by Crippen LogP contribution is -2.30. The Hall–Kier alpha value is -2.90. The molecule has 0 radical (unpaired) electrons. The van der Waals surface area contributed by atoms with Gasteiger partial charge in [-0.15, -0.1) is 0 Å². The van der Waals surface area contributed by atoms with Crippen molar-refractivity contribution >= 4 is 23.0 Å². The number of fused-ring (bicyclic) bond motifs is 1. The van der Waals surface area contributed by atoms with Crippen LogP contribution in [0, 0.1) is 0 Å². The molecule has 8 heteroatoms. The molecule has 21 heavy (non-hydrogen) atoms. The van der Waals surface area contributed by atoms with Crippen LogP contribution in [0.3, 0.4) is 0 Å². The van der Waals surface area contributed by atoms with Gasteiger partial charge in [-0.3, -0.25) is 19.1 Å². The van der Waals surface area contributed by atoms with Gasteiger partial charge in [0.25, 0.3) is 5.56 Å². The van der Waals surface area contributed by atoms with Gasteiger partial charge in [-0.1, -0.05) is 0 Å². The topological polar surface area (TPSA) is 108 Å². The van der Waals surface area contributed by atoms with Crippen LogP contribution in [0.15, 0.2) is 23.1 Å². The quantitative estimate of drug-likeness (QED) is 0.797. The molecule has 0 saturated heterocycles. The standard InChI is InChI=1S/C13H12N2O6/c1-20-8(16)6-15-7-4-3-5-14-10(7)11(17)9(12(15)18)13(19)21-2/h3-5,17H,6H2,1-2H3. The minimum atomic E-state index is -1.01. The van der Waals surface area contributed by atoms with Crippen molar-refractivity contribution in [3.63, 3.8) is 0 Å². The number of pyridine rings is 2. The maximum absolute atomic E-state index is 12.3. The molecule has 0 unspecified atom stereocenters. The number of aromatic hydroxyl groups is 1. The molecule has 0 spiro atoms. The Labute approximate surface area is 118 Å². The molecule has 0 saturated carbocycles. The van der Waals surface area contributed by atoms with Crippen molar-refractivity contribution in [2.24, 2.45) is 0 Å². The molecule has 0 amide bonds. The van der Waals surface area contributed by atoms with E-state index >= 15 is 0 Å². The molecule has 110 valence electrons. The van der Waals surface area contributed by atoms with E-state index in [0.717, 1.165) is 11.7 Å². The summed E-state index contributed by atoms with van der Waals surface area (Å²) in [6.45, 7) is -0.415. The number of carbonyl (C=O) groups excluding carboxylic acids is 2. The molecule has 2 rings (SSSR count). The summed E-state index contributed by atoms with van der Waals surface area (Å²) in [5.74, 6) is -2.27. The molecule has 0 atom stereocenters. The van der Waals surface area contributed by atoms with E-state index < -0.39 is 35.4 Å². The van der Waals surface area contributed by atoms with Crippen LogP contribution < -0.4 is 5.56 Å². The highest BCUT2D eigenvalue weighted by atomic mass is 16.5. The van der Waals surface area contributed by atoms with Crippen molar-refractivity contribution in [1.29, 1.82) is 0 Å². The summed E-state index contributed by atoms with van der Waals surface area (Å²) in [5.41, 5.74) is -1.21. The number of hydrogen-bond donors (Lipinski definition) is 1. The van der Waals surface area contributed by atoms with E-state index in [2.05, 4.69) is 14.5 Å². The lowest BCUT2D eigenvalue weighted by Gasteiger charge is -2.12. The summed E-state index contributed by atoms with van der Waals surface area (Å²) in [6.07, 6.45) is 1.38. The van der Waals surface area contributed by atoms with Crippen molar-refractivity contribution < 1.29 is 24.2 Å². The fraction of sp³-hybridized carbons (Fsp3) is 0.231. The number of rotatable bonds is 3.